The lowest BCUT2D eigenvalue weighted by atomic mass is 10.1. The van der Waals surface area contributed by atoms with E-state index in [1.54, 1.807) is 4.80 Å². The molecule has 0 amide bonds. The molecule has 1 heterocycles. The number of aromatic nitrogens is 4. The minimum Gasteiger partial charge on any atom is -0.466 e. The van der Waals surface area contributed by atoms with Gasteiger partial charge in [0.25, 0.3) is 0 Å². The van der Waals surface area contributed by atoms with Gasteiger partial charge < -0.3 is 4.74 Å². The Morgan fingerprint density at radius 2 is 1.21 bits per heavy atom. The third-order valence-electron chi connectivity index (χ3n) is 6.32. The highest BCUT2D eigenvalue weighted by Gasteiger charge is 2.33. The zero-order valence-electron chi connectivity index (χ0n) is 21.2. The molecule has 0 aliphatic heterocycles. The first-order chi connectivity index (χ1) is 18.7. The number of nitrogens with zero attached hydrogens (tertiary/aromatic N) is 4. The molecule has 0 spiro atoms. The first kappa shape index (κ1) is 25.4. The fourth-order valence-electron chi connectivity index (χ4n) is 4.72. The van der Waals surface area contributed by atoms with Crippen molar-refractivity contribution in [3.05, 3.63) is 133 Å². The summed E-state index contributed by atoms with van der Waals surface area (Å²) in [5.74, 6) is 0.265. The summed E-state index contributed by atoms with van der Waals surface area (Å²) in [7, 11) is 0. The zero-order chi connectivity index (χ0) is 26.2. The van der Waals surface area contributed by atoms with Gasteiger partial charge >= 0.3 is 5.97 Å². The molecule has 7 heteroatoms. The Bertz CT molecular complexity index is 1430. The lowest BCUT2D eigenvalue weighted by molar-refractivity contribution is -0.141. The molecule has 0 aliphatic carbocycles. The summed E-state index contributed by atoms with van der Waals surface area (Å²) in [6.45, 7) is -0.506. The lowest BCUT2D eigenvalue weighted by Crippen LogP contribution is -2.35. The van der Waals surface area contributed by atoms with Crippen molar-refractivity contribution in [3.8, 4) is 0 Å². The van der Waals surface area contributed by atoms with Crippen molar-refractivity contribution in [3.63, 3.8) is 0 Å². The number of carbonyl (C=O) groups excluding carboxylic acids is 1. The van der Waals surface area contributed by atoms with Crippen LogP contribution in [0.1, 0.15) is 24.7 Å². The zero-order valence-corrected chi connectivity index (χ0v) is 22.1. The Morgan fingerprint density at radius 3 is 1.68 bits per heavy atom. The van der Waals surface area contributed by atoms with Crippen molar-refractivity contribution in [2.24, 2.45) is 0 Å². The summed E-state index contributed by atoms with van der Waals surface area (Å²) in [5.41, 5.74) is 1.85. The maximum atomic E-state index is 13.2. The molecular formula is C31H29N4O2P. The fraction of sp³-hybridized carbons (Fsp3) is 0.129. The van der Waals surface area contributed by atoms with Gasteiger partial charge in [0.15, 0.2) is 5.82 Å². The van der Waals surface area contributed by atoms with E-state index in [9.17, 15) is 4.79 Å². The topological polar surface area (TPSA) is 69.9 Å². The second-order valence-electron chi connectivity index (χ2n) is 8.73. The van der Waals surface area contributed by atoms with Crippen LogP contribution in [0.2, 0.25) is 0 Å². The van der Waals surface area contributed by atoms with Crippen LogP contribution in [0, 0.1) is 0 Å². The molecule has 0 aliphatic rings. The molecule has 190 valence electrons. The van der Waals surface area contributed by atoms with E-state index < -0.39 is 6.89 Å². The molecule has 5 rings (SSSR count). The predicted molar refractivity (Wildman–Crippen MR) is 154 cm³/mol. The summed E-state index contributed by atoms with van der Waals surface area (Å²) in [5, 5.41) is 17.1. The maximum absolute atomic E-state index is 13.2. The molecule has 0 fully saturated rings. The van der Waals surface area contributed by atoms with Gasteiger partial charge in [0.2, 0.25) is 0 Å². The molecule has 0 saturated heterocycles. The molecule has 0 saturated carbocycles. The van der Waals surface area contributed by atoms with Gasteiger partial charge in [-0.05, 0) is 33.6 Å². The normalized spacial score (nSPS) is 11.2. The van der Waals surface area contributed by atoms with Crippen molar-refractivity contribution in [1.82, 2.24) is 20.2 Å². The first-order valence-corrected chi connectivity index (χ1v) is 14.4. The van der Waals surface area contributed by atoms with Crippen LogP contribution < -0.4 is 15.9 Å². The highest BCUT2D eigenvalue weighted by molar-refractivity contribution is 7.95. The summed E-state index contributed by atoms with van der Waals surface area (Å²) >= 11 is 0. The van der Waals surface area contributed by atoms with Crippen LogP contribution in [-0.2, 0) is 16.0 Å². The minimum absolute atomic E-state index is 0.0292. The molecular weight excluding hydrogens is 491 g/mol. The third-order valence-corrected chi connectivity index (χ3v) is 10.6. The number of benzene rings is 4. The third kappa shape index (κ3) is 5.22. The van der Waals surface area contributed by atoms with E-state index in [0.717, 1.165) is 26.9 Å². The van der Waals surface area contributed by atoms with Crippen LogP contribution in [0.3, 0.4) is 0 Å². The summed E-state index contributed by atoms with van der Waals surface area (Å²) in [6.07, 6.45) is 0.572. The second-order valence-corrected chi connectivity index (χ2v) is 12.1. The lowest BCUT2D eigenvalue weighted by Gasteiger charge is -2.31. The quantitative estimate of drug-likeness (QED) is 0.215. The molecule has 0 N–H and O–H groups in total. The molecule has 38 heavy (non-hydrogen) atoms. The van der Waals surface area contributed by atoms with Gasteiger partial charge in [0.05, 0.1) is 18.4 Å². The average Bonchev–Trinajstić information content (AvgIpc) is 3.43. The summed E-state index contributed by atoms with van der Waals surface area (Å²) < 4.78 is 5.47. The van der Waals surface area contributed by atoms with Crippen molar-refractivity contribution >= 4 is 34.2 Å². The van der Waals surface area contributed by atoms with E-state index in [-0.39, 0.29) is 12.4 Å². The number of esters is 1. The Balaban J connectivity index is 1.85. The minimum atomic E-state index is -2.62. The standard InChI is InChI=1S/C31H29N4O2P/c1-2-37-31(36)24-30(35-33-29(32-34-35)23-25-15-7-3-8-16-25)38(26-17-9-4-10-18-26,27-19-11-5-12-20-27)28-21-13-6-14-22-28/h3-22H,2,23-24H2,1H3. The van der Waals surface area contributed by atoms with Gasteiger partial charge in [-0.25, -0.2) is 0 Å². The number of hydrogen-bond acceptors (Lipinski definition) is 5. The van der Waals surface area contributed by atoms with E-state index >= 15 is 0 Å². The van der Waals surface area contributed by atoms with Gasteiger partial charge in [-0.3, -0.25) is 4.79 Å². The van der Waals surface area contributed by atoms with Crippen molar-refractivity contribution < 1.29 is 9.53 Å². The monoisotopic (exact) mass is 520 g/mol. The van der Waals surface area contributed by atoms with Crippen molar-refractivity contribution in [1.29, 1.82) is 0 Å². The molecule has 4 aromatic carbocycles. The Labute approximate surface area is 222 Å². The number of carbonyl (C=O) groups is 1. The van der Waals surface area contributed by atoms with Crippen LogP contribution in [0.5, 0.6) is 0 Å². The Morgan fingerprint density at radius 1 is 0.737 bits per heavy atom. The predicted octanol–water partition coefficient (Wildman–Crippen LogP) is 4.19. The molecule has 0 atom stereocenters. The van der Waals surface area contributed by atoms with E-state index in [0.29, 0.717) is 18.9 Å². The summed E-state index contributed by atoms with van der Waals surface area (Å²) in [4.78, 5) is 14.7. The fourth-order valence-corrected chi connectivity index (χ4v) is 9.08. The molecule has 1 aromatic heterocycles. The van der Waals surface area contributed by atoms with Crippen LogP contribution in [-0.4, -0.2) is 38.2 Å². The summed E-state index contributed by atoms with van der Waals surface area (Å²) in [6, 6.07) is 41.0. The maximum Gasteiger partial charge on any atom is 0.311 e. The molecule has 0 unspecified atom stereocenters. The van der Waals surface area contributed by atoms with Crippen LogP contribution in [0.25, 0.3) is 0 Å². The highest BCUT2D eigenvalue weighted by atomic mass is 31.2. The van der Waals surface area contributed by atoms with Gasteiger partial charge in [-0.15, -0.1) is 15.0 Å². The SMILES string of the molecule is CCOC(=O)CC(n1nnc(Cc2ccccc2)n1)=P(c1ccccc1)(c1ccccc1)c1ccccc1. The largest absolute Gasteiger partial charge is 0.466 e. The van der Waals surface area contributed by atoms with Crippen LogP contribution in [0.4, 0.5) is 0 Å². The van der Waals surface area contributed by atoms with E-state index in [1.807, 2.05) is 91.9 Å². The number of hydrogen-bond donors (Lipinski definition) is 0. The highest BCUT2D eigenvalue weighted by Crippen LogP contribution is 2.47. The van der Waals surface area contributed by atoms with E-state index in [4.69, 9.17) is 9.84 Å². The first-order valence-electron chi connectivity index (χ1n) is 12.6. The Hall–Kier alpha value is -4.28. The molecule has 5 aromatic rings. The number of ether oxygens (including phenoxy) is 1. The smallest absolute Gasteiger partial charge is 0.311 e. The van der Waals surface area contributed by atoms with Gasteiger partial charge in [0, 0.05) is 13.3 Å². The molecule has 0 bridgehead atoms. The van der Waals surface area contributed by atoms with Gasteiger partial charge in [0.1, 0.15) is 0 Å². The van der Waals surface area contributed by atoms with Gasteiger partial charge in [-0.2, -0.15) is 0 Å². The van der Waals surface area contributed by atoms with E-state index in [1.165, 1.54) is 0 Å². The van der Waals surface area contributed by atoms with E-state index in [2.05, 4.69) is 46.7 Å². The average molecular weight is 521 g/mol. The van der Waals surface area contributed by atoms with Crippen molar-refractivity contribution in [2.75, 3.05) is 6.61 Å². The molecule has 0 radical (unpaired) electrons. The number of tetrazole rings is 1. The Kier molecular flexibility index (Phi) is 7.91. The van der Waals surface area contributed by atoms with Crippen LogP contribution >= 0.6 is 6.89 Å². The van der Waals surface area contributed by atoms with Crippen molar-refractivity contribution in [2.45, 2.75) is 19.8 Å². The molecule has 6 nitrogen and oxygen atoms in total. The second kappa shape index (κ2) is 11.8. The van der Waals surface area contributed by atoms with Crippen LogP contribution in [0.15, 0.2) is 121 Å². The number of rotatable bonds is 9. The van der Waals surface area contributed by atoms with Gasteiger partial charge in [-0.1, -0.05) is 121 Å².